The van der Waals surface area contributed by atoms with Crippen LogP contribution in [0.3, 0.4) is 0 Å². The molecule has 3 nitrogen and oxygen atoms in total. The third-order valence-corrected chi connectivity index (χ3v) is 3.83. The number of nitrogens with zero attached hydrogens (tertiary/aromatic N) is 1. The van der Waals surface area contributed by atoms with Crippen LogP contribution < -0.4 is 5.32 Å². The molecule has 1 N–H and O–H groups in total. The van der Waals surface area contributed by atoms with E-state index in [-0.39, 0.29) is 11.9 Å². The Morgan fingerprint density at radius 3 is 2.81 bits per heavy atom. The second kappa shape index (κ2) is 8.93. The molecule has 1 fully saturated rings. The SMILES string of the molecule is C=CCC(NCCCN1CCOCC1)c1ccccc1F. The largest absolute Gasteiger partial charge is 0.379 e. The molecule has 1 unspecified atom stereocenters. The molecule has 0 aromatic heterocycles. The van der Waals surface area contributed by atoms with Crippen LogP contribution in [0, 0.1) is 5.82 Å². The highest BCUT2D eigenvalue weighted by atomic mass is 19.1. The minimum absolute atomic E-state index is 0.00777. The van der Waals surface area contributed by atoms with Crippen molar-refractivity contribution < 1.29 is 9.13 Å². The molecule has 1 saturated heterocycles. The van der Waals surface area contributed by atoms with Crippen LogP contribution in [0.15, 0.2) is 36.9 Å². The zero-order chi connectivity index (χ0) is 14.9. The number of hydrogen-bond acceptors (Lipinski definition) is 3. The van der Waals surface area contributed by atoms with Gasteiger partial charge in [-0.2, -0.15) is 0 Å². The third kappa shape index (κ3) is 5.23. The molecule has 1 aliphatic rings. The zero-order valence-electron chi connectivity index (χ0n) is 12.6. The van der Waals surface area contributed by atoms with Gasteiger partial charge in [0, 0.05) is 24.7 Å². The van der Waals surface area contributed by atoms with Crippen LogP contribution in [-0.4, -0.2) is 44.3 Å². The molecule has 0 spiro atoms. The van der Waals surface area contributed by atoms with Crippen molar-refractivity contribution in [1.82, 2.24) is 10.2 Å². The van der Waals surface area contributed by atoms with Crippen LogP contribution in [-0.2, 0) is 4.74 Å². The molecule has 21 heavy (non-hydrogen) atoms. The molecular formula is C17H25FN2O. The molecule has 0 saturated carbocycles. The van der Waals surface area contributed by atoms with Gasteiger partial charge in [0.25, 0.3) is 0 Å². The number of halogens is 1. The van der Waals surface area contributed by atoms with Crippen LogP contribution in [0.4, 0.5) is 4.39 Å². The lowest BCUT2D eigenvalue weighted by Crippen LogP contribution is -2.38. The van der Waals surface area contributed by atoms with E-state index in [2.05, 4.69) is 16.8 Å². The predicted molar refractivity (Wildman–Crippen MR) is 83.8 cm³/mol. The van der Waals surface area contributed by atoms with Crippen molar-refractivity contribution in [3.05, 3.63) is 48.3 Å². The number of morpholine rings is 1. The Balaban J connectivity index is 1.77. The highest BCUT2D eigenvalue weighted by Crippen LogP contribution is 2.20. The summed E-state index contributed by atoms with van der Waals surface area (Å²) in [5.74, 6) is -0.148. The minimum Gasteiger partial charge on any atom is -0.379 e. The van der Waals surface area contributed by atoms with E-state index in [1.165, 1.54) is 6.07 Å². The summed E-state index contributed by atoms with van der Waals surface area (Å²) in [6, 6.07) is 6.97. The number of hydrogen-bond donors (Lipinski definition) is 1. The molecule has 2 rings (SSSR count). The van der Waals surface area contributed by atoms with Crippen molar-refractivity contribution in [1.29, 1.82) is 0 Å². The maximum Gasteiger partial charge on any atom is 0.127 e. The monoisotopic (exact) mass is 292 g/mol. The quantitative estimate of drug-likeness (QED) is 0.589. The Morgan fingerprint density at radius 2 is 2.10 bits per heavy atom. The first-order chi connectivity index (χ1) is 10.3. The molecule has 1 aromatic carbocycles. The van der Waals surface area contributed by atoms with E-state index in [0.717, 1.165) is 57.8 Å². The lowest BCUT2D eigenvalue weighted by molar-refractivity contribution is 0.0374. The highest BCUT2D eigenvalue weighted by molar-refractivity contribution is 5.21. The lowest BCUT2D eigenvalue weighted by Gasteiger charge is -2.27. The standard InChI is InChI=1S/C17H25FN2O/c1-2-6-17(15-7-3-4-8-16(15)18)19-9-5-10-20-11-13-21-14-12-20/h2-4,7-8,17,19H,1,5-6,9-14H2. The number of ether oxygens (including phenoxy) is 1. The molecule has 0 amide bonds. The lowest BCUT2D eigenvalue weighted by atomic mass is 10.0. The Morgan fingerprint density at radius 1 is 1.33 bits per heavy atom. The van der Waals surface area contributed by atoms with Gasteiger partial charge in [-0.25, -0.2) is 4.39 Å². The van der Waals surface area contributed by atoms with Gasteiger partial charge in [-0.3, -0.25) is 4.90 Å². The third-order valence-electron chi connectivity index (χ3n) is 3.83. The molecule has 0 aliphatic carbocycles. The van der Waals surface area contributed by atoms with E-state index in [1.807, 2.05) is 18.2 Å². The normalized spacial score (nSPS) is 17.6. The van der Waals surface area contributed by atoms with E-state index in [4.69, 9.17) is 4.74 Å². The summed E-state index contributed by atoms with van der Waals surface area (Å²) >= 11 is 0. The van der Waals surface area contributed by atoms with Gasteiger partial charge in [-0.15, -0.1) is 6.58 Å². The molecule has 1 aliphatic heterocycles. The van der Waals surface area contributed by atoms with Crippen molar-refractivity contribution in [2.45, 2.75) is 18.9 Å². The molecule has 1 aromatic rings. The van der Waals surface area contributed by atoms with Gasteiger partial charge >= 0.3 is 0 Å². The van der Waals surface area contributed by atoms with Crippen LogP contribution in [0.5, 0.6) is 0 Å². The van der Waals surface area contributed by atoms with Gasteiger partial charge in [0.2, 0.25) is 0 Å². The van der Waals surface area contributed by atoms with Crippen molar-refractivity contribution in [2.24, 2.45) is 0 Å². The number of rotatable bonds is 8. The van der Waals surface area contributed by atoms with Gasteiger partial charge < -0.3 is 10.1 Å². The summed E-state index contributed by atoms with van der Waals surface area (Å²) in [7, 11) is 0. The Labute approximate surface area is 126 Å². The Hall–Kier alpha value is -1.23. The maximum atomic E-state index is 13.9. The average Bonchev–Trinajstić information content (AvgIpc) is 2.52. The van der Waals surface area contributed by atoms with Crippen LogP contribution in [0.2, 0.25) is 0 Å². The van der Waals surface area contributed by atoms with Gasteiger partial charge in [0.1, 0.15) is 5.82 Å². The fourth-order valence-corrected chi connectivity index (χ4v) is 2.65. The van der Waals surface area contributed by atoms with Crippen molar-refractivity contribution in [3.8, 4) is 0 Å². The maximum absolute atomic E-state index is 13.9. The Kier molecular flexibility index (Phi) is 6.86. The average molecular weight is 292 g/mol. The fourth-order valence-electron chi connectivity index (χ4n) is 2.65. The summed E-state index contributed by atoms with van der Waals surface area (Å²) in [5, 5.41) is 3.45. The number of benzene rings is 1. The van der Waals surface area contributed by atoms with Crippen molar-refractivity contribution >= 4 is 0 Å². The molecule has 1 heterocycles. The number of nitrogens with one attached hydrogen (secondary N) is 1. The van der Waals surface area contributed by atoms with Crippen LogP contribution in [0.25, 0.3) is 0 Å². The molecule has 4 heteroatoms. The van der Waals surface area contributed by atoms with Crippen LogP contribution in [0.1, 0.15) is 24.4 Å². The van der Waals surface area contributed by atoms with Gasteiger partial charge in [0.05, 0.1) is 13.2 Å². The van der Waals surface area contributed by atoms with Gasteiger partial charge in [-0.1, -0.05) is 24.3 Å². The Bertz CT molecular complexity index is 433. The first kappa shape index (κ1) is 16.1. The highest BCUT2D eigenvalue weighted by Gasteiger charge is 2.14. The summed E-state index contributed by atoms with van der Waals surface area (Å²) in [5.41, 5.74) is 0.726. The zero-order valence-corrected chi connectivity index (χ0v) is 12.6. The second-order valence-electron chi connectivity index (χ2n) is 5.36. The van der Waals surface area contributed by atoms with Gasteiger partial charge in [0.15, 0.2) is 0 Å². The summed E-state index contributed by atoms with van der Waals surface area (Å²) in [6.07, 6.45) is 3.63. The van der Waals surface area contributed by atoms with Crippen molar-refractivity contribution in [3.63, 3.8) is 0 Å². The first-order valence-electron chi connectivity index (χ1n) is 7.70. The smallest absolute Gasteiger partial charge is 0.127 e. The van der Waals surface area contributed by atoms with E-state index < -0.39 is 0 Å². The van der Waals surface area contributed by atoms with E-state index in [0.29, 0.717) is 0 Å². The molecule has 1 atom stereocenters. The minimum atomic E-state index is -0.148. The van der Waals surface area contributed by atoms with E-state index in [1.54, 1.807) is 6.07 Å². The second-order valence-corrected chi connectivity index (χ2v) is 5.36. The summed E-state index contributed by atoms with van der Waals surface area (Å²) < 4.78 is 19.2. The fraction of sp³-hybridized carbons (Fsp3) is 0.529. The summed E-state index contributed by atoms with van der Waals surface area (Å²) in [6.45, 7) is 9.42. The molecule has 116 valence electrons. The topological polar surface area (TPSA) is 24.5 Å². The molecule has 0 bridgehead atoms. The predicted octanol–water partition coefficient (Wildman–Crippen LogP) is 2.75. The summed E-state index contributed by atoms with van der Waals surface area (Å²) in [4.78, 5) is 2.41. The first-order valence-corrected chi connectivity index (χ1v) is 7.70. The molecule has 0 radical (unpaired) electrons. The molecular weight excluding hydrogens is 267 g/mol. The van der Waals surface area contributed by atoms with E-state index in [9.17, 15) is 4.39 Å². The van der Waals surface area contributed by atoms with Crippen LogP contribution >= 0.6 is 0 Å². The van der Waals surface area contributed by atoms with Crippen molar-refractivity contribution in [2.75, 3.05) is 39.4 Å². The van der Waals surface area contributed by atoms with Gasteiger partial charge in [-0.05, 0) is 32.0 Å². The van der Waals surface area contributed by atoms with E-state index >= 15 is 0 Å².